The van der Waals surface area contributed by atoms with E-state index in [0.29, 0.717) is 16.4 Å². The Morgan fingerprint density at radius 3 is 2.50 bits per heavy atom. The first-order chi connectivity index (χ1) is 12.6. The summed E-state index contributed by atoms with van der Waals surface area (Å²) in [6.45, 7) is 2.08. The van der Waals surface area contributed by atoms with Gasteiger partial charge in [0, 0.05) is 10.6 Å². The third-order valence-corrected chi connectivity index (χ3v) is 5.11. The van der Waals surface area contributed by atoms with E-state index in [0.717, 1.165) is 11.1 Å². The van der Waals surface area contributed by atoms with Crippen LogP contribution in [-0.2, 0) is 16.1 Å². The Kier molecular flexibility index (Phi) is 5.96. The fourth-order valence-corrected chi connectivity index (χ4v) is 3.49. The molecule has 1 heterocycles. The summed E-state index contributed by atoms with van der Waals surface area (Å²) in [5.41, 5.74) is 3.18. The van der Waals surface area contributed by atoms with E-state index in [4.69, 9.17) is 17.0 Å². The summed E-state index contributed by atoms with van der Waals surface area (Å²) in [6, 6.07) is 17.4. The Labute approximate surface area is 163 Å². The van der Waals surface area contributed by atoms with Crippen LogP contribution in [0.4, 0.5) is 0 Å². The number of hydrogen-bond donors (Lipinski definition) is 2. The summed E-state index contributed by atoms with van der Waals surface area (Å²) in [6.07, 6.45) is 2.03. The van der Waals surface area contributed by atoms with E-state index >= 15 is 0 Å². The second kappa shape index (κ2) is 8.38. The smallest absolute Gasteiger partial charge is 0.338 e. The van der Waals surface area contributed by atoms with E-state index in [9.17, 15) is 4.79 Å². The topological polar surface area (TPSA) is 50.4 Å². The molecule has 26 heavy (non-hydrogen) atoms. The highest BCUT2D eigenvalue weighted by Crippen LogP contribution is 2.29. The van der Waals surface area contributed by atoms with Crippen molar-refractivity contribution in [2.75, 3.05) is 6.26 Å². The fourth-order valence-electron chi connectivity index (χ4n) is 2.81. The van der Waals surface area contributed by atoms with E-state index in [1.54, 1.807) is 11.8 Å². The predicted molar refractivity (Wildman–Crippen MR) is 109 cm³/mol. The van der Waals surface area contributed by atoms with Gasteiger partial charge < -0.3 is 15.4 Å². The molecule has 1 aliphatic heterocycles. The number of benzene rings is 2. The highest BCUT2D eigenvalue weighted by molar-refractivity contribution is 7.98. The summed E-state index contributed by atoms with van der Waals surface area (Å²) in [7, 11) is 0. The number of thioether (sulfide) groups is 1. The summed E-state index contributed by atoms with van der Waals surface area (Å²) in [5.74, 6) is -0.354. The van der Waals surface area contributed by atoms with Gasteiger partial charge >= 0.3 is 5.97 Å². The van der Waals surface area contributed by atoms with Crippen LogP contribution in [0.25, 0.3) is 0 Å². The first-order valence-electron chi connectivity index (χ1n) is 8.22. The molecule has 1 atom stereocenters. The lowest BCUT2D eigenvalue weighted by Crippen LogP contribution is -2.45. The number of rotatable bonds is 5. The molecule has 0 aromatic heterocycles. The molecule has 134 valence electrons. The summed E-state index contributed by atoms with van der Waals surface area (Å²) in [5, 5.41) is 6.71. The molecule has 0 saturated carbocycles. The normalized spacial score (nSPS) is 16.7. The van der Waals surface area contributed by atoms with Gasteiger partial charge in [0.25, 0.3) is 0 Å². The second-order valence-electron chi connectivity index (χ2n) is 5.91. The standard InChI is InChI=1S/C20H20N2O2S2/c1-13-17(19(23)24-12-14-6-4-3-5-7-14)18(22-20(25)21-13)15-8-10-16(26-2)11-9-15/h3-11,18H,12H2,1-2H3,(H2,21,22,25). The first-order valence-corrected chi connectivity index (χ1v) is 9.85. The van der Waals surface area contributed by atoms with Crippen LogP contribution in [-0.4, -0.2) is 17.3 Å². The number of carbonyl (C=O) groups is 1. The zero-order valence-electron chi connectivity index (χ0n) is 14.6. The zero-order valence-corrected chi connectivity index (χ0v) is 16.2. The minimum Gasteiger partial charge on any atom is -0.457 e. The SMILES string of the molecule is CSc1ccc(C2NC(=S)NC(C)=C2C(=O)OCc2ccccc2)cc1. The summed E-state index contributed by atoms with van der Waals surface area (Å²) in [4.78, 5) is 14.0. The van der Waals surface area contributed by atoms with Crippen molar-refractivity contribution in [2.45, 2.75) is 24.5 Å². The Hall–Kier alpha value is -2.31. The van der Waals surface area contributed by atoms with Crippen LogP contribution in [0.5, 0.6) is 0 Å². The number of thiocarbonyl (C=S) groups is 1. The number of hydrogen-bond acceptors (Lipinski definition) is 4. The minimum atomic E-state index is -0.354. The lowest BCUT2D eigenvalue weighted by Gasteiger charge is -2.30. The molecule has 0 bridgehead atoms. The lowest BCUT2D eigenvalue weighted by atomic mass is 9.96. The molecular formula is C20H20N2O2S2. The van der Waals surface area contributed by atoms with Crippen LogP contribution in [0.2, 0.25) is 0 Å². The molecule has 4 nitrogen and oxygen atoms in total. The van der Waals surface area contributed by atoms with Crippen molar-refractivity contribution in [1.82, 2.24) is 10.6 Å². The van der Waals surface area contributed by atoms with Crippen molar-refractivity contribution < 1.29 is 9.53 Å². The zero-order chi connectivity index (χ0) is 18.5. The van der Waals surface area contributed by atoms with Gasteiger partial charge in [-0.25, -0.2) is 4.79 Å². The van der Waals surface area contributed by atoms with Crippen molar-refractivity contribution in [3.05, 3.63) is 77.0 Å². The average molecular weight is 385 g/mol. The van der Waals surface area contributed by atoms with Crippen LogP contribution in [0.3, 0.4) is 0 Å². The van der Waals surface area contributed by atoms with Crippen molar-refractivity contribution in [1.29, 1.82) is 0 Å². The number of carbonyl (C=O) groups excluding carboxylic acids is 1. The van der Waals surface area contributed by atoms with Crippen molar-refractivity contribution in [3.63, 3.8) is 0 Å². The van der Waals surface area contributed by atoms with Gasteiger partial charge in [-0.15, -0.1) is 11.8 Å². The molecule has 0 radical (unpaired) electrons. The van der Waals surface area contributed by atoms with Gasteiger partial charge in [-0.05, 0) is 48.7 Å². The van der Waals surface area contributed by atoms with Crippen molar-refractivity contribution in [2.24, 2.45) is 0 Å². The Morgan fingerprint density at radius 1 is 1.15 bits per heavy atom. The monoisotopic (exact) mass is 384 g/mol. The third kappa shape index (κ3) is 4.26. The molecule has 0 spiro atoms. The van der Waals surface area contributed by atoms with Crippen LogP contribution < -0.4 is 10.6 Å². The number of esters is 1. The van der Waals surface area contributed by atoms with Gasteiger partial charge in [0.05, 0.1) is 11.6 Å². The highest BCUT2D eigenvalue weighted by atomic mass is 32.2. The molecule has 0 fully saturated rings. The lowest BCUT2D eigenvalue weighted by molar-refractivity contribution is -0.140. The number of nitrogens with one attached hydrogen (secondary N) is 2. The van der Waals surface area contributed by atoms with Crippen LogP contribution in [0.1, 0.15) is 24.1 Å². The number of allylic oxidation sites excluding steroid dienone is 1. The Morgan fingerprint density at radius 2 is 1.85 bits per heavy atom. The van der Waals surface area contributed by atoms with Crippen LogP contribution in [0, 0.1) is 0 Å². The van der Waals surface area contributed by atoms with E-state index in [2.05, 4.69) is 10.6 Å². The molecule has 0 saturated heterocycles. The van der Waals surface area contributed by atoms with E-state index in [-0.39, 0.29) is 18.6 Å². The predicted octanol–water partition coefficient (Wildman–Crippen LogP) is 3.94. The van der Waals surface area contributed by atoms with E-state index in [1.807, 2.05) is 67.8 Å². The quantitative estimate of drug-likeness (QED) is 0.463. The van der Waals surface area contributed by atoms with E-state index in [1.165, 1.54) is 4.90 Å². The van der Waals surface area contributed by atoms with Crippen molar-refractivity contribution >= 4 is 35.1 Å². The maximum absolute atomic E-state index is 12.8. The maximum atomic E-state index is 12.8. The minimum absolute atomic E-state index is 0.235. The molecule has 1 aliphatic rings. The van der Waals surface area contributed by atoms with Gasteiger partial charge in [0.1, 0.15) is 6.61 Å². The van der Waals surface area contributed by atoms with Crippen LogP contribution >= 0.6 is 24.0 Å². The average Bonchev–Trinajstić information content (AvgIpc) is 2.66. The molecule has 3 rings (SSSR count). The molecule has 2 N–H and O–H groups in total. The molecule has 2 aromatic carbocycles. The Balaban J connectivity index is 1.83. The molecule has 6 heteroatoms. The first kappa shape index (κ1) is 18.5. The molecule has 1 unspecified atom stereocenters. The number of ether oxygens (including phenoxy) is 1. The van der Waals surface area contributed by atoms with Gasteiger partial charge in [-0.1, -0.05) is 42.5 Å². The molecule has 0 amide bonds. The van der Waals surface area contributed by atoms with Crippen molar-refractivity contribution in [3.8, 4) is 0 Å². The molecular weight excluding hydrogens is 364 g/mol. The fraction of sp³-hybridized carbons (Fsp3) is 0.200. The van der Waals surface area contributed by atoms with Crippen LogP contribution in [0.15, 0.2) is 70.8 Å². The maximum Gasteiger partial charge on any atom is 0.338 e. The highest BCUT2D eigenvalue weighted by Gasteiger charge is 2.30. The summed E-state index contributed by atoms with van der Waals surface area (Å²) < 4.78 is 5.55. The largest absolute Gasteiger partial charge is 0.457 e. The van der Waals surface area contributed by atoms with Gasteiger partial charge in [-0.3, -0.25) is 0 Å². The molecule has 0 aliphatic carbocycles. The van der Waals surface area contributed by atoms with Gasteiger partial charge in [-0.2, -0.15) is 0 Å². The third-order valence-electron chi connectivity index (χ3n) is 4.15. The summed E-state index contributed by atoms with van der Waals surface area (Å²) >= 11 is 6.95. The Bertz CT molecular complexity index is 833. The van der Waals surface area contributed by atoms with E-state index < -0.39 is 0 Å². The second-order valence-corrected chi connectivity index (χ2v) is 7.19. The molecule has 2 aromatic rings. The van der Waals surface area contributed by atoms with Gasteiger partial charge in [0.15, 0.2) is 5.11 Å². The van der Waals surface area contributed by atoms with Gasteiger partial charge in [0.2, 0.25) is 0 Å².